The van der Waals surface area contributed by atoms with Gasteiger partial charge < -0.3 is 9.88 Å². The molecule has 2 aromatic heterocycles. The normalized spacial score (nSPS) is 18.0. The van der Waals surface area contributed by atoms with Crippen LogP contribution in [0.15, 0.2) is 9.42 Å². The SMILES string of the molecule is Cc1nonc1C(=O)N1CCCC1c1nc(C)c(F)c(=O)[nH]1. The van der Waals surface area contributed by atoms with Gasteiger partial charge in [-0.25, -0.2) is 9.61 Å². The van der Waals surface area contributed by atoms with Gasteiger partial charge in [0.1, 0.15) is 11.5 Å². The Kier molecular flexibility index (Phi) is 3.47. The molecular formula is C13H14FN5O3. The molecular weight excluding hydrogens is 293 g/mol. The number of carbonyl (C=O) groups excluding carboxylic acids is 1. The van der Waals surface area contributed by atoms with Gasteiger partial charge in [-0.2, -0.15) is 4.39 Å². The first kappa shape index (κ1) is 14.4. The number of amides is 1. The van der Waals surface area contributed by atoms with E-state index in [0.29, 0.717) is 18.7 Å². The summed E-state index contributed by atoms with van der Waals surface area (Å²) in [7, 11) is 0. The lowest BCUT2D eigenvalue weighted by Gasteiger charge is -2.23. The van der Waals surface area contributed by atoms with E-state index in [0.717, 1.165) is 6.42 Å². The van der Waals surface area contributed by atoms with Crippen LogP contribution in [0.4, 0.5) is 4.39 Å². The number of halogens is 1. The fourth-order valence-electron chi connectivity index (χ4n) is 2.61. The van der Waals surface area contributed by atoms with Crippen LogP contribution in [-0.2, 0) is 0 Å². The van der Waals surface area contributed by atoms with Crippen LogP contribution in [0.5, 0.6) is 0 Å². The van der Waals surface area contributed by atoms with Crippen molar-refractivity contribution in [3.05, 3.63) is 39.1 Å². The Morgan fingerprint density at radius 1 is 1.36 bits per heavy atom. The van der Waals surface area contributed by atoms with Gasteiger partial charge in [0.15, 0.2) is 5.69 Å². The van der Waals surface area contributed by atoms with Gasteiger partial charge in [0.25, 0.3) is 11.5 Å². The van der Waals surface area contributed by atoms with E-state index < -0.39 is 17.4 Å². The van der Waals surface area contributed by atoms with Gasteiger partial charge in [-0.15, -0.1) is 0 Å². The first-order valence-electron chi connectivity index (χ1n) is 6.85. The van der Waals surface area contributed by atoms with E-state index in [1.165, 1.54) is 6.92 Å². The molecule has 1 atom stereocenters. The van der Waals surface area contributed by atoms with Crippen molar-refractivity contribution in [1.82, 2.24) is 25.2 Å². The number of hydrogen-bond acceptors (Lipinski definition) is 6. The second kappa shape index (κ2) is 5.32. The molecule has 1 unspecified atom stereocenters. The Labute approximate surface area is 124 Å². The van der Waals surface area contributed by atoms with E-state index >= 15 is 0 Å². The number of aromatic amines is 1. The van der Waals surface area contributed by atoms with Crippen molar-refractivity contribution >= 4 is 5.91 Å². The molecule has 0 spiro atoms. The van der Waals surface area contributed by atoms with Gasteiger partial charge in [-0.1, -0.05) is 5.16 Å². The van der Waals surface area contributed by atoms with E-state index in [-0.39, 0.29) is 23.1 Å². The van der Waals surface area contributed by atoms with Crippen LogP contribution in [-0.4, -0.2) is 37.6 Å². The Hall–Kier alpha value is -2.58. The first-order valence-corrected chi connectivity index (χ1v) is 6.85. The number of likely N-dealkylation sites (tertiary alicyclic amines) is 1. The first-order chi connectivity index (χ1) is 10.5. The molecule has 0 bridgehead atoms. The van der Waals surface area contributed by atoms with Crippen LogP contribution in [0.25, 0.3) is 0 Å². The maximum absolute atomic E-state index is 13.4. The number of hydrogen-bond donors (Lipinski definition) is 1. The smallest absolute Gasteiger partial charge is 0.287 e. The fraction of sp³-hybridized carbons (Fsp3) is 0.462. The number of aromatic nitrogens is 4. The summed E-state index contributed by atoms with van der Waals surface area (Å²) in [4.78, 5) is 32.1. The van der Waals surface area contributed by atoms with E-state index in [1.807, 2.05) is 0 Å². The van der Waals surface area contributed by atoms with Crippen molar-refractivity contribution in [3.63, 3.8) is 0 Å². The average Bonchev–Trinajstić information content (AvgIpc) is 3.12. The second-order valence-electron chi connectivity index (χ2n) is 5.21. The fourth-order valence-corrected chi connectivity index (χ4v) is 2.61. The van der Waals surface area contributed by atoms with Crippen LogP contribution in [0, 0.1) is 19.7 Å². The average molecular weight is 307 g/mol. The second-order valence-corrected chi connectivity index (χ2v) is 5.21. The Morgan fingerprint density at radius 2 is 2.14 bits per heavy atom. The molecule has 2 aromatic rings. The van der Waals surface area contributed by atoms with Crippen molar-refractivity contribution in [2.45, 2.75) is 32.7 Å². The summed E-state index contributed by atoms with van der Waals surface area (Å²) < 4.78 is 18.0. The summed E-state index contributed by atoms with van der Waals surface area (Å²) in [5.74, 6) is -0.967. The minimum absolute atomic E-state index is 0.0114. The Balaban J connectivity index is 1.96. The van der Waals surface area contributed by atoms with Gasteiger partial charge in [0.2, 0.25) is 5.82 Å². The van der Waals surface area contributed by atoms with E-state index in [1.54, 1.807) is 11.8 Å². The largest absolute Gasteiger partial charge is 0.327 e. The minimum Gasteiger partial charge on any atom is -0.327 e. The molecule has 0 aliphatic carbocycles. The quantitative estimate of drug-likeness (QED) is 0.883. The molecule has 0 radical (unpaired) electrons. The van der Waals surface area contributed by atoms with Gasteiger partial charge in [0, 0.05) is 6.54 Å². The highest BCUT2D eigenvalue weighted by atomic mass is 19.1. The molecule has 1 saturated heterocycles. The number of H-pyrrole nitrogens is 1. The molecule has 0 aromatic carbocycles. The van der Waals surface area contributed by atoms with Gasteiger partial charge in [0.05, 0.1) is 11.7 Å². The predicted molar refractivity (Wildman–Crippen MR) is 71.6 cm³/mol. The molecule has 1 aliphatic heterocycles. The zero-order chi connectivity index (χ0) is 15.9. The molecule has 3 rings (SSSR count). The highest BCUT2D eigenvalue weighted by molar-refractivity contribution is 5.93. The van der Waals surface area contributed by atoms with Crippen LogP contribution in [0.1, 0.15) is 46.6 Å². The van der Waals surface area contributed by atoms with E-state index in [9.17, 15) is 14.0 Å². The summed E-state index contributed by atoms with van der Waals surface area (Å²) in [5.41, 5.74) is -0.293. The molecule has 1 N–H and O–H groups in total. The molecule has 1 amide bonds. The zero-order valence-corrected chi connectivity index (χ0v) is 12.1. The van der Waals surface area contributed by atoms with Crippen molar-refractivity contribution in [2.75, 3.05) is 6.54 Å². The van der Waals surface area contributed by atoms with Crippen molar-refractivity contribution in [3.8, 4) is 0 Å². The van der Waals surface area contributed by atoms with E-state index in [4.69, 9.17) is 0 Å². The predicted octanol–water partition coefficient (Wildman–Crippen LogP) is 0.886. The number of rotatable bonds is 2. The van der Waals surface area contributed by atoms with Crippen molar-refractivity contribution < 1.29 is 13.8 Å². The van der Waals surface area contributed by atoms with Gasteiger partial charge in [-0.3, -0.25) is 9.59 Å². The molecule has 0 saturated carbocycles. The third kappa shape index (κ3) is 2.28. The molecule has 8 nitrogen and oxygen atoms in total. The molecule has 22 heavy (non-hydrogen) atoms. The zero-order valence-electron chi connectivity index (χ0n) is 12.1. The lowest BCUT2D eigenvalue weighted by Crippen LogP contribution is -2.33. The number of nitrogens with one attached hydrogen (secondary N) is 1. The molecule has 116 valence electrons. The third-order valence-corrected chi connectivity index (χ3v) is 3.73. The van der Waals surface area contributed by atoms with Crippen LogP contribution >= 0.6 is 0 Å². The standard InChI is InChI=1S/C13H14FN5O3/c1-6-9(14)12(20)16-11(15-6)8-4-3-5-19(8)13(21)10-7(2)17-22-18-10/h8H,3-5H2,1-2H3,(H,15,16,20). The summed E-state index contributed by atoms with van der Waals surface area (Å²) in [6.07, 6.45) is 1.38. The number of carbonyl (C=O) groups is 1. The highest BCUT2D eigenvalue weighted by Crippen LogP contribution is 2.31. The van der Waals surface area contributed by atoms with E-state index in [2.05, 4.69) is 24.9 Å². The van der Waals surface area contributed by atoms with Crippen LogP contribution in [0.3, 0.4) is 0 Å². The van der Waals surface area contributed by atoms with Crippen LogP contribution in [0.2, 0.25) is 0 Å². The number of aryl methyl sites for hydroxylation is 2. The topological polar surface area (TPSA) is 105 Å². The van der Waals surface area contributed by atoms with Gasteiger partial charge >= 0.3 is 0 Å². The van der Waals surface area contributed by atoms with Crippen molar-refractivity contribution in [1.29, 1.82) is 0 Å². The highest BCUT2D eigenvalue weighted by Gasteiger charge is 2.34. The van der Waals surface area contributed by atoms with Gasteiger partial charge in [-0.05, 0) is 31.8 Å². The summed E-state index contributed by atoms with van der Waals surface area (Å²) in [5, 5.41) is 7.20. The number of nitrogens with zero attached hydrogens (tertiary/aromatic N) is 4. The van der Waals surface area contributed by atoms with Crippen molar-refractivity contribution in [2.24, 2.45) is 0 Å². The molecule has 9 heteroatoms. The monoisotopic (exact) mass is 307 g/mol. The molecule has 3 heterocycles. The summed E-state index contributed by atoms with van der Waals surface area (Å²) >= 11 is 0. The Morgan fingerprint density at radius 3 is 2.77 bits per heavy atom. The minimum atomic E-state index is -0.906. The third-order valence-electron chi connectivity index (χ3n) is 3.73. The maximum atomic E-state index is 13.4. The molecule has 1 aliphatic rings. The Bertz CT molecular complexity index is 784. The lowest BCUT2D eigenvalue weighted by molar-refractivity contribution is 0.0717. The summed E-state index contributed by atoms with van der Waals surface area (Å²) in [6.45, 7) is 3.54. The van der Waals surface area contributed by atoms with Crippen LogP contribution < -0.4 is 5.56 Å². The summed E-state index contributed by atoms with van der Waals surface area (Å²) in [6, 6.07) is -0.421. The lowest BCUT2D eigenvalue weighted by atomic mass is 10.2. The molecule has 1 fully saturated rings. The maximum Gasteiger partial charge on any atom is 0.287 e.